The van der Waals surface area contributed by atoms with Crippen LogP contribution < -0.4 is 0 Å². The third kappa shape index (κ3) is 3.41. The van der Waals surface area contributed by atoms with Gasteiger partial charge in [0.2, 0.25) is 5.91 Å². The first-order valence-electron chi connectivity index (χ1n) is 4.99. The maximum absolute atomic E-state index is 11.2. The smallest absolute Gasteiger partial charge is 0.339 e. The molecule has 0 bridgehead atoms. The van der Waals surface area contributed by atoms with Gasteiger partial charge in [0.1, 0.15) is 0 Å². The van der Waals surface area contributed by atoms with E-state index in [2.05, 4.69) is 16.3 Å². The molecule has 1 heterocycles. The van der Waals surface area contributed by atoms with E-state index in [1.54, 1.807) is 19.2 Å². The summed E-state index contributed by atoms with van der Waals surface area (Å²) in [7, 11) is 2.96. The van der Waals surface area contributed by atoms with E-state index in [4.69, 9.17) is 0 Å². The highest BCUT2D eigenvalue weighted by molar-refractivity contribution is 5.89. The molecule has 0 saturated heterocycles. The Hall–Kier alpha value is -2.17. The minimum absolute atomic E-state index is 0.177. The van der Waals surface area contributed by atoms with Crippen LogP contribution in [0.4, 0.5) is 0 Å². The predicted molar refractivity (Wildman–Crippen MR) is 62.2 cm³/mol. The van der Waals surface area contributed by atoms with Gasteiger partial charge in [-0.05, 0) is 18.2 Å². The van der Waals surface area contributed by atoms with Gasteiger partial charge in [-0.15, -0.1) is 0 Å². The Morgan fingerprint density at radius 3 is 2.71 bits per heavy atom. The van der Waals surface area contributed by atoms with E-state index in [1.165, 1.54) is 24.3 Å². The summed E-state index contributed by atoms with van der Waals surface area (Å²) in [4.78, 5) is 28.0. The zero-order valence-electron chi connectivity index (χ0n) is 9.84. The van der Waals surface area contributed by atoms with Crippen LogP contribution in [0.5, 0.6) is 0 Å². The fourth-order valence-electron chi connectivity index (χ4n) is 1.23. The Bertz CT molecular complexity index is 426. The van der Waals surface area contributed by atoms with Crippen molar-refractivity contribution >= 4 is 11.9 Å². The van der Waals surface area contributed by atoms with Crippen molar-refractivity contribution in [1.82, 2.24) is 9.88 Å². The number of amides is 1. The molecule has 0 aliphatic heterocycles. The molecular weight excluding hydrogens is 220 g/mol. The van der Waals surface area contributed by atoms with E-state index in [1.807, 2.05) is 0 Å². The highest BCUT2D eigenvalue weighted by Crippen LogP contribution is 2.04. The van der Waals surface area contributed by atoms with Gasteiger partial charge in [0.15, 0.2) is 0 Å². The van der Waals surface area contributed by atoms with Crippen molar-refractivity contribution < 1.29 is 14.3 Å². The van der Waals surface area contributed by atoms with Crippen LogP contribution in [0.3, 0.4) is 0 Å². The number of carbonyl (C=O) groups is 2. The van der Waals surface area contributed by atoms with Crippen LogP contribution in [-0.2, 0) is 16.1 Å². The average Bonchev–Trinajstić information content (AvgIpc) is 2.37. The lowest BCUT2D eigenvalue weighted by Crippen LogP contribution is -2.24. The molecule has 5 nitrogen and oxygen atoms in total. The first-order valence-corrected chi connectivity index (χ1v) is 4.99. The van der Waals surface area contributed by atoms with Gasteiger partial charge >= 0.3 is 5.97 Å². The lowest BCUT2D eigenvalue weighted by Gasteiger charge is -2.14. The van der Waals surface area contributed by atoms with Gasteiger partial charge in [0, 0.05) is 13.2 Å². The molecule has 1 aromatic heterocycles. The third-order valence-electron chi connectivity index (χ3n) is 2.20. The maximum atomic E-state index is 11.2. The molecule has 1 amide bonds. The first-order chi connectivity index (χ1) is 8.08. The molecule has 17 heavy (non-hydrogen) atoms. The molecule has 0 radical (unpaired) electrons. The number of ether oxygens (including phenoxy) is 1. The normalized spacial score (nSPS) is 9.53. The molecule has 90 valence electrons. The third-order valence-corrected chi connectivity index (χ3v) is 2.20. The summed E-state index contributed by atoms with van der Waals surface area (Å²) in [5, 5.41) is 0. The van der Waals surface area contributed by atoms with E-state index < -0.39 is 5.97 Å². The van der Waals surface area contributed by atoms with Crippen LogP contribution in [0.2, 0.25) is 0 Å². The van der Waals surface area contributed by atoms with Crippen molar-refractivity contribution in [1.29, 1.82) is 0 Å². The highest BCUT2D eigenvalue weighted by Gasteiger charge is 2.08. The van der Waals surface area contributed by atoms with E-state index in [9.17, 15) is 9.59 Å². The van der Waals surface area contributed by atoms with E-state index in [-0.39, 0.29) is 5.91 Å². The van der Waals surface area contributed by atoms with Crippen molar-refractivity contribution in [3.05, 3.63) is 42.2 Å². The Labute approximate surface area is 99.7 Å². The van der Waals surface area contributed by atoms with E-state index in [0.717, 1.165) is 0 Å². The molecule has 0 spiro atoms. The monoisotopic (exact) mass is 234 g/mol. The number of nitrogens with zero attached hydrogens (tertiary/aromatic N) is 2. The average molecular weight is 234 g/mol. The summed E-state index contributed by atoms with van der Waals surface area (Å²) in [5.41, 5.74) is 1.07. The number of hydrogen-bond acceptors (Lipinski definition) is 4. The summed E-state index contributed by atoms with van der Waals surface area (Å²) in [6.45, 7) is 3.77. The SMILES string of the molecule is C=CC(=O)N(C)Cc1ccc(C(=O)OC)cn1. The molecule has 0 saturated carbocycles. The van der Waals surface area contributed by atoms with Crippen molar-refractivity contribution in [2.45, 2.75) is 6.54 Å². The van der Waals surface area contributed by atoms with Crippen LogP contribution in [-0.4, -0.2) is 35.9 Å². The molecule has 5 heteroatoms. The number of methoxy groups -OCH3 is 1. The Balaban J connectivity index is 2.71. The second kappa shape index (κ2) is 5.79. The number of pyridine rings is 1. The van der Waals surface area contributed by atoms with Crippen LogP contribution in [0.15, 0.2) is 31.0 Å². The highest BCUT2D eigenvalue weighted by atomic mass is 16.5. The van der Waals surface area contributed by atoms with E-state index in [0.29, 0.717) is 17.8 Å². The topological polar surface area (TPSA) is 59.5 Å². The van der Waals surface area contributed by atoms with Gasteiger partial charge < -0.3 is 9.64 Å². The summed E-state index contributed by atoms with van der Waals surface area (Å²) in [6, 6.07) is 3.29. The van der Waals surface area contributed by atoms with Crippen LogP contribution in [0.25, 0.3) is 0 Å². The van der Waals surface area contributed by atoms with Crippen molar-refractivity contribution in [3.63, 3.8) is 0 Å². The van der Waals surface area contributed by atoms with E-state index >= 15 is 0 Å². The first kappa shape index (κ1) is 12.9. The summed E-state index contributed by atoms with van der Waals surface area (Å²) >= 11 is 0. The van der Waals surface area contributed by atoms with Gasteiger partial charge in [-0.3, -0.25) is 9.78 Å². The van der Waals surface area contributed by atoms with Gasteiger partial charge in [0.25, 0.3) is 0 Å². The minimum atomic E-state index is -0.431. The molecule has 0 fully saturated rings. The second-order valence-corrected chi connectivity index (χ2v) is 3.43. The molecule has 0 aliphatic carbocycles. The maximum Gasteiger partial charge on any atom is 0.339 e. The van der Waals surface area contributed by atoms with Crippen molar-refractivity contribution in [2.24, 2.45) is 0 Å². The van der Waals surface area contributed by atoms with Crippen LogP contribution >= 0.6 is 0 Å². The lowest BCUT2D eigenvalue weighted by atomic mass is 10.2. The van der Waals surface area contributed by atoms with Gasteiger partial charge in [-0.1, -0.05) is 6.58 Å². The van der Waals surface area contributed by atoms with Gasteiger partial charge in [0.05, 0.1) is 24.9 Å². The molecule has 0 unspecified atom stereocenters. The minimum Gasteiger partial charge on any atom is -0.465 e. The molecule has 0 aliphatic rings. The van der Waals surface area contributed by atoms with Crippen LogP contribution in [0.1, 0.15) is 16.1 Å². The molecule has 1 aromatic rings. The molecule has 1 rings (SSSR count). The standard InChI is InChI=1S/C12H14N2O3/c1-4-11(15)14(2)8-10-6-5-9(7-13-10)12(16)17-3/h4-7H,1,8H2,2-3H3. The lowest BCUT2D eigenvalue weighted by molar-refractivity contribution is -0.125. The number of hydrogen-bond donors (Lipinski definition) is 0. The Morgan fingerprint density at radius 1 is 1.53 bits per heavy atom. The summed E-state index contributed by atoms with van der Waals surface area (Å²) in [6.07, 6.45) is 2.66. The van der Waals surface area contributed by atoms with Gasteiger partial charge in [-0.2, -0.15) is 0 Å². The Morgan fingerprint density at radius 2 is 2.24 bits per heavy atom. The molecule has 0 N–H and O–H groups in total. The van der Waals surface area contributed by atoms with Crippen molar-refractivity contribution in [3.8, 4) is 0 Å². The number of esters is 1. The fourth-order valence-corrected chi connectivity index (χ4v) is 1.23. The molecular formula is C12H14N2O3. The quantitative estimate of drug-likeness (QED) is 0.576. The van der Waals surface area contributed by atoms with Crippen molar-refractivity contribution in [2.75, 3.05) is 14.2 Å². The number of aromatic nitrogens is 1. The largest absolute Gasteiger partial charge is 0.465 e. The van der Waals surface area contributed by atoms with Crippen LogP contribution in [0, 0.1) is 0 Å². The number of likely N-dealkylation sites (N-methyl/N-ethyl adjacent to an activating group) is 1. The predicted octanol–water partition coefficient (Wildman–Crippen LogP) is 1.01. The second-order valence-electron chi connectivity index (χ2n) is 3.43. The summed E-state index contributed by atoms with van der Waals surface area (Å²) < 4.78 is 4.56. The molecule has 0 atom stereocenters. The number of carbonyl (C=O) groups excluding carboxylic acids is 2. The molecule has 0 aromatic carbocycles. The Kier molecular flexibility index (Phi) is 4.39. The zero-order valence-corrected chi connectivity index (χ0v) is 9.84. The van der Waals surface area contributed by atoms with Gasteiger partial charge in [-0.25, -0.2) is 4.79 Å². The fraction of sp³-hybridized carbons (Fsp3) is 0.250. The zero-order chi connectivity index (χ0) is 12.8. The number of rotatable bonds is 4. The summed E-state index contributed by atoms with van der Waals surface area (Å²) in [5.74, 6) is -0.608.